The summed E-state index contributed by atoms with van der Waals surface area (Å²) in [7, 11) is -0.588. The first-order valence-electron chi connectivity index (χ1n) is 7.55. The van der Waals surface area contributed by atoms with Gasteiger partial charge in [-0.05, 0) is 23.8 Å². The van der Waals surface area contributed by atoms with Gasteiger partial charge in [0.25, 0.3) is 0 Å². The van der Waals surface area contributed by atoms with Crippen LogP contribution in [0.25, 0.3) is 10.9 Å². The summed E-state index contributed by atoms with van der Waals surface area (Å²) >= 11 is 0. The molecule has 0 spiro atoms. The van der Waals surface area contributed by atoms with Crippen molar-refractivity contribution in [3.05, 3.63) is 60.2 Å². The van der Waals surface area contributed by atoms with Gasteiger partial charge in [0.2, 0.25) is 10.0 Å². The first-order valence-corrected chi connectivity index (χ1v) is 8.99. The number of halogens is 1. The van der Waals surface area contributed by atoms with E-state index >= 15 is 0 Å². The van der Waals surface area contributed by atoms with Crippen LogP contribution in [0.3, 0.4) is 0 Å². The Morgan fingerprint density at radius 1 is 1.08 bits per heavy atom. The van der Waals surface area contributed by atoms with Gasteiger partial charge in [-0.25, -0.2) is 27.1 Å². The molecule has 0 aliphatic carbocycles. The van der Waals surface area contributed by atoms with Crippen LogP contribution in [0.2, 0.25) is 0 Å². The van der Waals surface area contributed by atoms with Gasteiger partial charge in [0, 0.05) is 26.0 Å². The summed E-state index contributed by atoms with van der Waals surface area (Å²) in [5, 5.41) is 3.62. The molecule has 3 aromatic rings. The fourth-order valence-corrected chi connectivity index (χ4v) is 3.59. The van der Waals surface area contributed by atoms with Crippen LogP contribution < -0.4 is 5.32 Å². The van der Waals surface area contributed by atoms with Crippen molar-refractivity contribution in [1.82, 2.24) is 14.3 Å². The van der Waals surface area contributed by atoms with Gasteiger partial charge in [-0.15, -0.1) is 0 Å². The summed E-state index contributed by atoms with van der Waals surface area (Å²) in [6.07, 6.45) is 1.27. The van der Waals surface area contributed by atoms with E-state index in [0.29, 0.717) is 16.8 Å². The van der Waals surface area contributed by atoms with Gasteiger partial charge in [0.15, 0.2) is 0 Å². The molecule has 1 N–H and O–H groups in total. The van der Waals surface area contributed by atoms with Crippen molar-refractivity contribution < 1.29 is 12.8 Å². The number of rotatable bonds is 5. The minimum Gasteiger partial charge on any atom is -0.365 e. The predicted molar refractivity (Wildman–Crippen MR) is 94.1 cm³/mol. The highest BCUT2D eigenvalue weighted by Crippen LogP contribution is 2.23. The number of aromatic nitrogens is 2. The van der Waals surface area contributed by atoms with Crippen LogP contribution in [0.5, 0.6) is 0 Å². The lowest BCUT2D eigenvalue weighted by Crippen LogP contribution is -2.23. The first-order chi connectivity index (χ1) is 11.9. The van der Waals surface area contributed by atoms with E-state index in [1.807, 2.05) is 0 Å². The third-order valence-corrected chi connectivity index (χ3v) is 5.71. The SMILES string of the molecule is CN(C)S(=O)(=O)c1ccccc1CNc1ncnc2c(F)cccc12. The number of anilines is 1. The van der Waals surface area contributed by atoms with E-state index in [4.69, 9.17) is 0 Å². The van der Waals surface area contributed by atoms with Crippen molar-refractivity contribution in [2.45, 2.75) is 11.4 Å². The smallest absolute Gasteiger partial charge is 0.242 e. The van der Waals surface area contributed by atoms with Gasteiger partial charge >= 0.3 is 0 Å². The highest BCUT2D eigenvalue weighted by atomic mass is 32.2. The second-order valence-corrected chi connectivity index (χ2v) is 7.73. The van der Waals surface area contributed by atoms with Gasteiger partial charge in [-0.2, -0.15) is 0 Å². The van der Waals surface area contributed by atoms with Crippen LogP contribution >= 0.6 is 0 Å². The molecule has 8 heteroatoms. The number of nitrogens with zero attached hydrogens (tertiary/aromatic N) is 3. The van der Waals surface area contributed by atoms with Crippen LogP contribution in [0.1, 0.15) is 5.56 Å². The molecular formula is C17H17FN4O2S. The van der Waals surface area contributed by atoms with E-state index in [1.165, 1.54) is 30.8 Å². The minimum atomic E-state index is -3.56. The Kier molecular flexibility index (Phi) is 4.65. The average Bonchev–Trinajstić information content (AvgIpc) is 2.60. The number of hydrogen-bond donors (Lipinski definition) is 1. The molecule has 1 aromatic heterocycles. The summed E-state index contributed by atoms with van der Waals surface area (Å²) in [5.74, 6) is 0.0140. The predicted octanol–water partition coefficient (Wildman–Crippen LogP) is 2.63. The molecule has 0 fully saturated rings. The molecule has 6 nitrogen and oxygen atoms in total. The molecule has 0 saturated carbocycles. The number of hydrogen-bond acceptors (Lipinski definition) is 5. The molecule has 0 aliphatic heterocycles. The van der Waals surface area contributed by atoms with Crippen LogP contribution in [-0.4, -0.2) is 36.8 Å². The van der Waals surface area contributed by atoms with Gasteiger partial charge in [0.1, 0.15) is 23.5 Å². The minimum absolute atomic E-state index is 0.217. The highest BCUT2D eigenvalue weighted by molar-refractivity contribution is 7.89. The summed E-state index contributed by atoms with van der Waals surface area (Å²) in [5.41, 5.74) is 0.813. The second kappa shape index (κ2) is 6.73. The van der Waals surface area contributed by atoms with E-state index in [2.05, 4.69) is 15.3 Å². The number of benzene rings is 2. The molecule has 0 radical (unpaired) electrons. The van der Waals surface area contributed by atoms with Crippen molar-refractivity contribution in [2.75, 3.05) is 19.4 Å². The van der Waals surface area contributed by atoms with E-state index in [0.717, 1.165) is 0 Å². The van der Waals surface area contributed by atoms with Gasteiger partial charge in [-0.3, -0.25) is 0 Å². The van der Waals surface area contributed by atoms with E-state index < -0.39 is 15.8 Å². The fraction of sp³-hybridized carbons (Fsp3) is 0.176. The van der Waals surface area contributed by atoms with Crippen LogP contribution in [0.15, 0.2) is 53.7 Å². The van der Waals surface area contributed by atoms with Crippen molar-refractivity contribution in [3.8, 4) is 0 Å². The summed E-state index contributed by atoms with van der Waals surface area (Å²) in [6.45, 7) is 0.228. The number of fused-ring (bicyclic) bond motifs is 1. The highest BCUT2D eigenvalue weighted by Gasteiger charge is 2.20. The molecule has 25 heavy (non-hydrogen) atoms. The summed E-state index contributed by atoms with van der Waals surface area (Å²) in [6, 6.07) is 11.4. The summed E-state index contributed by atoms with van der Waals surface area (Å²) in [4.78, 5) is 8.31. The Balaban J connectivity index is 1.95. The van der Waals surface area contributed by atoms with Crippen molar-refractivity contribution in [3.63, 3.8) is 0 Å². The van der Waals surface area contributed by atoms with Crippen molar-refractivity contribution in [2.24, 2.45) is 0 Å². The Hall–Kier alpha value is -2.58. The summed E-state index contributed by atoms with van der Waals surface area (Å²) < 4.78 is 39.9. The third-order valence-electron chi connectivity index (χ3n) is 3.79. The first kappa shape index (κ1) is 17.2. The van der Waals surface area contributed by atoms with Gasteiger partial charge in [-0.1, -0.05) is 24.3 Å². The maximum Gasteiger partial charge on any atom is 0.242 e. The lowest BCUT2D eigenvalue weighted by atomic mass is 10.2. The lowest BCUT2D eigenvalue weighted by molar-refractivity contribution is 0.520. The maximum absolute atomic E-state index is 13.8. The van der Waals surface area contributed by atoms with Crippen LogP contribution in [-0.2, 0) is 16.6 Å². The number of para-hydroxylation sites is 1. The molecule has 0 saturated heterocycles. The molecule has 1 heterocycles. The normalized spacial score (nSPS) is 11.8. The topological polar surface area (TPSA) is 75.2 Å². The molecule has 0 aliphatic rings. The fourth-order valence-electron chi connectivity index (χ4n) is 2.47. The molecule has 0 atom stereocenters. The number of sulfonamides is 1. The van der Waals surface area contributed by atoms with E-state index in [9.17, 15) is 12.8 Å². The van der Waals surface area contributed by atoms with Crippen LogP contribution in [0.4, 0.5) is 10.2 Å². The van der Waals surface area contributed by atoms with E-state index in [-0.39, 0.29) is 17.0 Å². The van der Waals surface area contributed by atoms with Gasteiger partial charge < -0.3 is 5.32 Å². The Morgan fingerprint density at radius 2 is 1.84 bits per heavy atom. The Bertz CT molecular complexity index is 1020. The third kappa shape index (κ3) is 3.31. The molecule has 130 valence electrons. The zero-order chi connectivity index (χ0) is 18.0. The molecule has 3 rings (SSSR count). The molecule has 0 unspecified atom stereocenters. The van der Waals surface area contributed by atoms with Gasteiger partial charge in [0.05, 0.1) is 4.90 Å². The number of nitrogens with one attached hydrogen (secondary N) is 1. The van der Waals surface area contributed by atoms with Crippen molar-refractivity contribution >= 4 is 26.7 Å². The molecule has 0 bridgehead atoms. The molecule has 2 aromatic carbocycles. The second-order valence-electron chi connectivity index (χ2n) is 5.61. The Morgan fingerprint density at radius 3 is 2.60 bits per heavy atom. The zero-order valence-corrected chi connectivity index (χ0v) is 14.6. The standard InChI is InChI=1S/C17H17FN4O2S/c1-22(2)25(23,24)15-9-4-3-6-12(15)10-19-17-13-7-5-8-14(18)16(13)20-11-21-17/h3-9,11H,10H2,1-2H3,(H,19,20,21). The largest absolute Gasteiger partial charge is 0.365 e. The van der Waals surface area contributed by atoms with Crippen LogP contribution in [0, 0.1) is 5.82 Å². The monoisotopic (exact) mass is 360 g/mol. The lowest BCUT2D eigenvalue weighted by Gasteiger charge is -2.16. The quantitative estimate of drug-likeness (QED) is 0.757. The molecule has 0 amide bonds. The molecular weight excluding hydrogens is 343 g/mol. The zero-order valence-electron chi connectivity index (χ0n) is 13.8. The maximum atomic E-state index is 13.8. The van der Waals surface area contributed by atoms with E-state index in [1.54, 1.807) is 36.4 Å². The Labute approximate surface area is 145 Å². The van der Waals surface area contributed by atoms with Crippen molar-refractivity contribution in [1.29, 1.82) is 0 Å². The average molecular weight is 360 g/mol.